The Bertz CT molecular complexity index is 684. The predicted octanol–water partition coefficient (Wildman–Crippen LogP) is 2.40. The van der Waals surface area contributed by atoms with Gasteiger partial charge in [-0.25, -0.2) is 5.43 Å². The van der Waals surface area contributed by atoms with Crippen LogP contribution < -0.4 is 16.6 Å². The average Bonchev–Trinajstić information content (AvgIpc) is 3.33. The number of nitrogens with one attached hydrogen (secondary N) is 2. The smallest absolute Gasteiger partial charge is 0.303 e. The molecule has 2 aliphatic rings. The molecule has 2 heterocycles. The molecule has 0 aliphatic carbocycles. The minimum Gasteiger partial charge on any atom is -0.481 e. The maximum Gasteiger partial charge on any atom is 0.303 e. The molecule has 2 saturated heterocycles. The Morgan fingerprint density at radius 2 is 1.77 bits per heavy atom. The highest BCUT2D eigenvalue weighted by Gasteiger charge is 2.47. The van der Waals surface area contributed by atoms with Gasteiger partial charge in [0.2, 0.25) is 0 Å². The standard InChI is InChI=1S/C23H35N3O4/c24-19(14-16-8-4-3-5-9-16)23(29)26-25-15-18-17(20-12-13-21(18)30-20)10-6-1-2-7-11-22(27)28/h3-5,8-9,17-21,25H,1-2,6-7,10-15,24H2,(H,26,29)(H,27,28)/t17-,18-,19+,20+,21-/m1/s1. The molecule has 5 atom stereocenters. The third-order valence-electron chi connectivity index (χ3n) is 6.45. The van der Waals surface area contributed by atoms with Crippen LogP contribution in [-0.4, -0.2) is 41.8 Å². The third kappa shape index (κ3) is 6.52. The van der Waals surface area contributed by atoms with Crippen LogP contribution in [0.3, 0.4) is 0 Å². The van der Waals surface area contributed by atoms with Crippen molar-refractivity contribution in [1.29, 1.82) is 0 Å². The Kier molecular flexibility index (Phi) is 8.66. The van der Waals surface area contributed by atoms with Crippen LogP contribution in [0.5, 0.6) is 0 Å². The quantitative estimate of drug-likeness (QED) is 0.289. The number of rotatable bonds is 13. The van der Waals surface area contributed by atoms with Gasteiger partial charge in [-0.15, -0.1) is 0 Å². The zero-order chi connectivity index (χ0) is 21.3. The van der Waals surface area contributed by atoms with E-state index in [4.69, 9.17) is 15.6 Å². The summed E-state index contributed by atoms with van der Waals surface area (Å²) in [6.45, 7) is 0.689. The van der Waals surface area contributed by atoms with Crippen molar-refractivity contribution in [2.24, 2.45) is 17.6 Å². The van der Waals surface area contributed by atoms with E-state index >= 15 is 0 Å². The van der Waals surface area contributed by atoms with Crippen LogP contribution in [0.15, 0.2) is 30.3 Å². The third-order valence-corrected chi connectivity index (χ3v) is 6.45. The van der Waals surface area contributed by atoms with Gasteiger partial charge >= 0.3 is 5.97 Å². The van der Waals surface area contributed by atoms with Gasteiger partial charge in [0, 0.05) is 18.9 Å². The number of hydrogen-bond acceptors (Lipinski definition) is 5. The van der Waals surface area contributed by atoms with Crippen LogP contribution in [-0.2, 0) is 20.7 Å². The highest BCUT2D eigenvalue weighted by atomic mass is 16.5. The molecule has 0 unspecified atom stereocenters. The van der Waals surface area contributed by atoms with E-state index < -0.39 is 12.0 Å². The molecular formula is C23H35N3O4. The Hall–Kier alpha value is -1.96. The number of carboxylic acid groups (broad SMARTS) is 1. The highest BCUT2D eigenvalue weighted by Crippen LogP contribution is 2.45. The van der Waals surface area contributed by atoms with Gasteiger partial charge in [-0.3, -0.25) is 15.0 Å². The molecular weight excluding hydrogens is 382 g/mol. The minimum atomic E-state index is -0.715. The van der Waals surface area contributed by atoms with E-state index in [1.165, 1.54) is 0 Å². The first kappa shape index (κ1) is 22.7. The Labute approximate surface area is 178 Å². The lowest BCUT2D eigenvalue weighted by Crippen LogP contribution is -2.50. The van der Waals surface area contributed by atoms with Crippen LogP contribution in [0, 0.1) is 11.8 Å². The fraction of sp³-hybridized carbons (Fsp3) is 0.652. The number of hydrogen-bond donors (Lipinski definition) is 4. The summed E-state index contributed by atoms with van der Waals surface area (Å²) in [7, 11) is 0. The molecule has 5 N–H and O–H groups in total. The van der Waals surface area contributed by atoms with Gasteiger partial charge in [-0.2, -0.15) is 0 Å². The van der Waals surface area contributed by atoms with Crippen molar-refractivity contribution in [3.63, 3.8) is 0 Å². The van der Waals surface area contributed by atoms with E-state index in [0.717, 1.165) is 50.5 Å². The second-order valence-corrected chi connectivity index (χ2v) is 8.63. The summed E-state index contributed by atoms with van der Waals surface area (Å²) < 4.78 is 6.14. The van der Waals surface area contributed by atoms with Gasteiger partial charge in [-0.05, 0) is 43.6 Å². The fourth-order valence-corrected chi connectivity index (χ4v) is 4.87. The summed E-state index contributed by atoms with van der Waals surface area (Å²) in [6.07, 6.45) is 8.57. The largest absolute Gasteiger partial charge is 0.481 e. The molecule has 3 rings (SSSR count). The van der Waals surface area contributed by atoms with E-state index in [-0.39, 0.29) is 18.4 Å². The van der Waals surface area contributed by atoms with Crippen molar-refractivity contribution >= 4 is 11.9 Å². The van der Waals surface area contributed by atoms with Crippen LogP contribution in [0.2, 0.25) is 0 Å². The molecule has 166 valence electrons. The van der Waals surface area contributed by atoms with Gasteiger partial charge in [0.05, 0.1) is 18.2 Å². The number of hydrazine groups is 1. The lowest BCUT2D eigenvalue weighted by Gasteiger charge is -2.28. The lowest BCUT2D eigenvalue weighted by molar-refractivity contribution is -0.137. The van der Waals surface area contributed by atoms with Crippen molar-refractivity contribution in [2.45, 2.75) is 76.0 Å². The molecule has 0 saturated carbocycles. The van der Waals surface area contributed by atoms with Gasteiger partial charge < -0.3 is 15.6 Å². The molecule has 7 nitrogen and oxygen atoms in total. The van der Waals surface area contributed by atoms with Crippen LogP contribution in [0.1, 0.15) is 56.9 Å². The molecule has 1 amide bonds. The molecule has 0 spiro atoms. The van der Waals surface area contributed by atoms with Crippen LogP contribution in [0.25, 0.3) is 0 Å². The zero-order valence-corrected chi connectivity index (χ0v) is 17.6. The summed E-state index contributed by atoms with van der Waals surface area (Å²) in [4.78, 5) is 22.9. The molecule has 30 heavy (non-hydrogen) atoms. The number of benzene rings is 1. The number of carboxylic acids is 1. The van der Waals surface area contributed by atoms with Crippen molar-refractivity contribution in [2.75, 3.05) is 6.54 Å². The van der Waals surface area contributed by atoms with E-state index in [1.54, 1.807) is 0 Å². The highest BCUT2D eigenvalue weighted by molar-refractivity contribution is 5.81. The number of nitrogens with two attached hydrogens (primary N) is 1. The van der Waals surface area contributed by atoms with Gasteiger partial charge in [-0.1, -0.05) is 49.6 Å². The number of unbranched alkanes of at least 4 members (excludes halogenated alkanes) is 3. The maximum atomic E-state index is 12.3. The molecule has 0 aromatic heterocycles. The number of carbonyl (C=O) groups is 2. The number of aliphatic carboxylic acids is 1. The second-order valence-electron chi connectivity index (χ2n) is 8.63. The summed E-state index contributed by atoms with van der Waals surface area (Å²) in [5.41, 5.74) is 13.0. The summed E-state index contributed by atoms with van der Waals surface area (Å²) in [5.74, 6) is -0.00915. The summed E-state index contributed by atoms with van der Waals surface area (Å²) >= 11 is 0. The molecule has 2 bridgehead atoms. The number of amides is 1. The van der Waals surface area contributed by atoms with E-state index in [2.05, 4.69) is 10.9 Å². The van der Waals surface area contributed by atoms with Gasteiger partial charge in [0.1, 0.15) is 0 Å². The Morgan fingerprint density at radius 3 is 2.50 bits per heavy atom. The molecule has 7 heteroatoms. The zero-order valence-electron chi connectivity index (χ0n) is 17.6. The minimum absolute atomic E-state index is 0.196. The number of carbonyl (C=O) groups excluding carboxylic acids is 1. The van der Waals surface area contributed by atoms with Crippen molar-refractivity contribution in [3.05, 3.63) is 35.9 Å². The molecule has 2 aliphatic heterocycles. The number of ether oxygens (including phenoxy) is 1. The number of fused-ring (bicyclic) bond motifs is 2. The predicted molar refractivity (Wildman–Crippen MR) is 114 cm³/mol. The first-order valence-electron chi connectivity index (χ1n) is 11.2. The van der Waals surface area contributed by atoms with Crippen molar-refractivity contribution < 1.29 is 19.4 Å². The second kappa shape index (κ2) is 11.4. The van der Waals surface area contributed by atoms with Crippen molar-refractivity contribution in [3.8, 4) is 0 Å². The fourth-order valence-electron chi connectivity index (χ4n) is 4.87. The first-order chi connectivity index (χ1) is 14.5. The van der Waals surface area contributed by atoms with Gasteiger partial charge in [0.25, 0.3) is 5.91 Å². The monoisotopic (exact) mass is 417 g/mol. The van der Waals surface area contributed by atoms with Crippen molar-refractivity contribution in [1.82, 2.24) is 10.9 Å². The van der Waals surface area contributed by atoms with E-state index in [0.29, 0.717) is 30.9 Å². The maximum absolute atomic E-state index is 12.3. The van der Waals surface area contributed by atoms with Gasteiger partial charge in [0.15, 0.2) is 0 Å². The molecule has 1 aromatic rings. The van der Waals surface area contributed by atoms with Crippen LogP contribution in [0.4, 0.5) is 0 Å². The Morgan fingerprint density at radius 1 is 1.07 bits per heavy atom. The first-order valence-corrected chi connectivity index (χ1v) is 11.2. The normalized spacial score (nSPS) is 25.9. The van der Waals surface area contributed by atoms with E-state index in [1.807, 2.05) is 30.3 Å². The topological polar surface area (TPSA) is 114 Å². The molecule has 1 aromatic carbocycles. The Balaban J connectivity index is 1.36. The van der Waals surface area contributed by atoms with Crippen LogP contribution >= 0.6 is 0 Å². The average molecular weight is 418 g/mol. The SMILES string of the molecule is N[C@@H](Cc1ccccc1)C(=O)NNC[C@@H]1[C@@H](CCCCCCC(=O)O)[C@@H]2CC[C@H]1O2. The molecule has 2 fully saturated rings. The lowest BCUT2D eigenvalue weighted by atomic mass is 9.76. The summed E-state index contributed by atoms with van der Waals surface area (Å²) in [6, 6.07) is 9.19. The molecule has 0 radical (unpaired) electrons. The summed E-state index contributed by atoms with van der Waals surface area (Å²) in [5, 5.41) is 8.72. The van der Waals surface area contributed by atoms with E-state index in [9.17, 15) is 9.59 Å².